The second-order valence-electron chi connectivity index (χ2n) is 7.64. The van der Waals surface area contributed by atoms with Crippen LogP contribution in [0.5, 0.6) is 0 Å². The molecule has 0 spiro atoms. The van der Waals surface area contributed by atoms with E-state index < -0.39 is 0 Å². The van der Waals surface area contributed by atoms with Crippen LogP contribution in [0.1, 0.15) is 44.6 Å². The van der Waals surface area contributed by atoms with Crippen LogP contribution in [0, 0.1) is 0 Å². The van der Waals surface area contributed by atoms with Gasteiger partial charge in [0.25, 0.3) is 5.24 Å². The van der Waals surface area contributed by atoms with Crippen LogP contribution in [-0.2, 0) is 0 Å². The van der Waals surface area contributed by atoms with E-state index in [-0.39, 0.29) is 5.24 Å². The Morgan fingerprint density at radius 2 is 1.68 bits per heavy atom. The minimum atomic E-state index is -0.0773. The highest BCUT2D eigenvalue weighted by Gasteiger charge is 2.16. The molecule has 5 heteroatoms. The van der Waals surface area contributed by atoms with E-state index in [0.29, 0.717) is 0 Å². The van der Waals surface area contributed by atoms with E-state index >= 15 is 0 Å². The molecule has 1 aromatic rings. The average Bonchev–Trinajstić information content (AvgIpc) is 2.71. The van der Waals surface area contributed by atoms with Crippen molar-refractivity contribution in [2.75, 3.05) is 52.4 Å². The number of hydrogen-bond acceptors (Lipinski definition) is 3. The summed E-state index contributed by atoms with van der Waals surface area (Å²) >= 11 is 4.05. The Morgan fingerprint density at radius 3 is 2.36 bits per heavy atom. The lowest BCUT2D eigenvalue weighted by molar-refractivity contribution is 0.138. The first kappa shape index (κ1) is 23.0. The highest BCUT2D eigenvalue weighted by Crippen LogP contribution is 2.08. The molecule has 0 N–H and O–H groups in total. The van der Waals surface area contributed by atoms with E-state index in [1.54, 1.807) is 0 Å². The molecule has 4 nitrogen and oxygen atoms in total. The van der Waals surface area contributed by atoms with Crippen LogP contribution in [0.4, 0.5) is 4.79 Å². The Morgan fingerprint density at radius 1 is 1.00 bits per heavy atom. The van der Waals surface area contributed by atoms with Crippen LogP contribution in [0.15, 0.2) is 36.4 Å². The summed E-state index contributed by atoms with van der Waals surface area (Å²) in [6.45, 7) is 10.4. The van der Waals surface area contributed by atoms with Gasteiger partial charge in [-0.2, -0.15) is 0 Å². The number of carbonyl (C=O) groups excluding carboxylic acids is 1. The summed E-state index contributed by atoms with van der Waals surface area (Å²) in [6.07, 6.45) is 10.3. The summed E-state index contributed by atoms with van der Waals surface area (Å²) in [6, 6.07) is 10.5. The SMILES string of the molecule is CCCCCCN(CCCN1CCN(CC=Cc2ccccc2)CC1)C(=O)S. The Labute approximate surface area is 177 Å². The Balaban J connectivity index is 1.58. The third-order valence-corrected chi connectivity index (χ3v) is 5.68. The fourth-order valence-electron chi connectivity index (χ4n) is 3.62. The van der Waals surface area contributed by atoms with E-state index in [9.17, 15) is 4.79 Å². The number of nitrogens with zero attached hydrogens (tertiary/aromatic N) is 3. The van der Waals surface area contributed by atoms with Crippen molar-refractivity contribution in [3.63, 3.8) is 0 Å². The number of carbonyl (C=O) groups is 1. The third-order valence-electron chi connectivity index (χ3n) is 5.39. The van der Waals surface area contributed by atoms with E-state index in [1.807, 2.05) is 11.0 Å². The van der Waals surface area contributed by atoms with Gasteiger partial charge in [0.05, 0.1) is 0 Å². The predicted octanol–water partition coefficient (Wildman–Crippen LogP) is 4.64. The second kappa shape index (κ2) is 13.8. The summed E-state index contributed by atoms with van der Waals surface area (Å²) in [4.78, 5) is 18.6. The van der Waals surface area contributed by atoms with Gasteiger partial charge in [0.1, 0.15) is 0 Å². The first-order valence-electron chi connectivity index (χ1n) is 10.8. The topological polar surface area (TPSA) is 26.8 Å². The van der Waals surface area contributed by atoms with E-state index in [1.165, 1.54) is 24.8 Å². The van der Waals surface area contributed by atoms with Gasteiger partial charge in [-0.05, 0) is 24.9 Å². The van der Waals surface area contributed by atoms with Crippen molar-refractivity contribution in [1.29, 1.82) is 0 Å². The number of unbranched alkanes of at least 4 members (excludes halogenated alkanes) is 3. The number of thiol groups is 1. The molecule has 0 aromatic heterocycles. The molecule has 0 aliphatic carbocycles. The van der Waals surface area contributed by atoms with Gasteiger partial charge in [-0.3, -0.25) is 9.69 Å². The number of benzene rings is 1. The van der Waals surface area contributed by atoms with E-state index in [0.717, 1.165) is 65.2 Å². The number of amides is 1. The van der Waals surface area contributed by atoms with E-state index in [2.05, 4.69) is 65.8 Å². The first-order chi connectivity index (χ1) is 13.7. The molecule has 0 unspecified atom stereocenters. The van der Waals surface area contributed by atoms with Gasteiger partial charge in [-0.15, -0.1) is 0 Å². The predicted molar refractivity (Wildman–Crippen MR) is 123 cm³/mol. The van der Waals surface area contributed by atoms with Crippen molar-refractivity contribution in [2.24, 2.45) is 0 Å². The summed E-state index contributed by atoms with van der Waals surface area (Å²) in [7, 11) is 0. The highest BCUT2D eigenvalue weighted by atomic mass is 32.1. The summed E-state index contributed by atoms with van der Waals surface area (Å²) in [5, 5.41) is -0.0773. The van der Waals surface area contributed by atoms with Gasteiger partial charge in [0, 0.05) is 45.8 Å². The maximum Gasteiger partial charge on any atom is 0.278 e. The highest BCUT2D eigenvalue weighted by molar-refractivity contribution is 7.96. The standard InChI is InChI=1S/C23H37N3OS/c1-2-3-4-8-16-26(23(27)28)17-10-15-25-20-18-24(19-21-25)14-9-13-22-11-6-5-7-12-22/h5-7,9,11-13H,2-4,8,10,14-21H2,1H3,(H,27,28). The lowest BCUT2D eigenvalue weighted by Gasteiger charge is -2.34. The maximum absolute atomic E-state index is 11.7. The van der Waals surface area contributed by atoms with E-state index in [4.69, 9.17) is 0 Å². The third kappa shape index (κ3) is 9.26. The summed E-state index contributed by atoms with van der Waals surface area (Å²) < 4.78 is 0. The molecule has 1 fully saturated rings. The molecule has 1 aromatic carbocycles. The molecule has 0 radical (unpaired) electrons. The van der Waals surface area contributed by atoms with Gasteiger partial charge in [0.15, 0.2) is 0 Å². The van der Waals surface area contributed by atoms with Gasteiger partial charge in [-0.25, -0.2) is 0 Å². The lowest BCUT2D eigenvalue weighted by Crippen LogP contribution is -2.46. The monoisotopic (exact) mass is 403 g/mol. The number of hydrogen-bond donors (Lipinski definition) is 1. The normalized spacial score (nSPS) is 15.9. The van der Waals surface area contributed by atoms with Crippen molar-refractivity contribution in [3.8, 4) is 0 Å². The molecule has 1 aliphatic rings. The minimum absolute atomic E-state index is 0.0773. The molecule has 0 atom stereocenters. The molecule has 156 valence electrons. The quantitative estimate of drug-likeness (QED) is 0.407. The molecular weight excluding hydrogens is 366 g/mol. The zero-order valence-electron chi connectivity index (χ0n) is 17.4. The average molecular weight is 404 g/mol. The molecule has 1 amide bonds. The summed E-state index contributed by atoms with van der Waals surface area (Å²) in [5.41, 5.74) is 1.26. The molecule has 1 heterocycles. The van der Waals surface area contributed by atoms with Gasteiger partial charge < -0.3 is 9.80 Å². The van der Waals surface area contributed by atoms with Crippen LogP contribution >= 0.6 is 12.6 Å². The van der Waals surface area contributed by atoms with Crippen molar-refractivity contribution in [3.05, 3.63) is 42.0 Å². The Kier molecular flexibility index (Phi) is 11.3. The molecule has 0 bridgehead atoms. The van der Waals surface area contributed by atoms with Crippen LogP contribution in [-0.4, -0.2) is 72.3 Å². The largest absolute Gasteiger partial charge is 0.334 e. The fraction of sp³-hybridized carbons (Fsp3) is 0.609. The van der Waals surface area contributed by atoms with Gasteiger partial charge in [0.2, 0.25) is 0 Å². The lowest BCUT2D eigenvalue weighted by atomic mass is 10.2. The molecular formula is C23H37N3OS. The Bertz CT molecular complexity index is 570. The number of piperazine rings is 1. The number of rotatable bonds is 12. The maximum atomic E-state index is 11.7. The molecule has 0 saturated carbocycles. The van der Waals surface area contributed by atoms with Crippen LogP contribution in [0.2, 0.25) is 0 Å². The molecule has 1 aliphatic heterocycles. The zero-order valence-corrected chi connectivity index (χ0v) is 18.3. The van der Waals surface area contributed by atoms with Crippen LogP contribution in [0.25, 0.3) is 6.08 Å². The molecule has 1 saturated heterocycles. The van der Waals surface area contributed by atoms with Crippen LogP contribution in [0.3, 0.4) is 0 Å². The smallest absolute Gasteiger partial charge is 0.278 e. The second-order valence-corrected chi connectivity index (χ2v) is 8.02. The van der Waals surface area contributed by atoms with Gasteiger partial charge in [-0.1, -0.05) is 81.3 Å². The van der Waals surface area contributed by atoms with Crippen LogP contribution < -0.4 is 0 Å². The van der Waals surface area contributed by atoms with Crippen molar-refractivity contribution < 1.29 is 4.79 Å². The fourth-order valence-corrected chi connectivity index (χ4v) is 3.82. The summed E-state index contributed by atoms with van der Waals surface area (Å²) in [5.74, 6) is 0. The van der Waals surface area contributed by atoms with Crippen molar-refractivity contribution in [2.45, 2.75) is 39.0 Å². The van der Waals surface area contributed by atoms with Crippen molar-refractivity contribution >= 4 is 23.9 Å². The first-order valence-corrected chi connectivity index (χ1v) is 11.3. The Hall–Kier alpha value is -1.30. The molecule has 28 heavy (non-hydrogen) atoms. The van der Waals surface area contributed by atoms with Gasteiger partial charge >= 0.3 is 0 Å². The minimum Gasteiger partial charge on any atom is -0.334 e. The molecule has 2 rings (SSSR count). The van der Waals surface area contributed by atoms with Crippen molar-refractivity contribution in [1.82, 2.24) is 14.7 Å². The zero-order chi connectivity index (χ0) is 20.0.